The van der Waals surface area contributed by atoms with Gasteiger partial charge in [-0.25, -0.2) is 0 Å². The lowest BCUT2D eigenvalue weighted by atomic mass is 10.1. The zero-order valence-corrected chi connectivity index (χ0v) is 13.3. The number of nitrogens with one attached hydrogen (secondary N) is 1. The van der Waals surface area contributed by atoms with E-state index in [1.54, 1.807) is 0 Å². The Kier molecular flexibility index (Phi) is 4.93. The standard InChI is InChI=1S/C16H21NO3S/c1-11-4-3-5-12(2)15(11)17-13(18)9-21-10-16(6-7-16)8-14(19)20/h3-5H,6-10H2,1-2H3,(H,17,18)(H,19,20). The number of carbonyl (C=O) groups is 2. The van der Waals surface area contributed by atoms with E-state index in [9.17, 15) is 9.59 Å². The molecule has 0 bridgehead atoms. The molecule has 21 heavy (non-hydrogen) atoms. The average molecular weight is 307 g/mol. The molecule has 5 heteroatoms. The van der Waals surface area contributed by atoms with E-state index in [1.165, 1.54) is 11.8 Å². The molecule has 0 spiro atoms. The molecule has 0 atom stereocenters. The lowest BCUT2D eigenvalue weighted by Crippen LogP contribution is -2.18. The summed E-state index contributed by atoms with van der Waals surface area (Å²) in [6, 6.07) is 5.92. The number of benzene rings is 1. The third-order valence-electron chi connectivity index (χ3n) is 3.87. The Morgan fingerprint density at radius 3 is 2.43 bits per heavy atom. The van der Waals surface area contributed by atoms with Crippen molar-refractivity contribution in [2.45, 2.75) is 33.1 Å². The second kappa shape index (κ2) is 6.52. The minimum Gasteiger partial charge on any atom is -0.481 e. The van der Waals surface area contributed by atoms with Gasteiger partial charge >= 0.3 is 5.97 Å². The van der Waals surface area contributed by atoms with Crippen molar-refractivity contribution in [1.29, 1.82) is 0 Å². The number of carbonyl (C=O) groups excluding carboxylic acids is 1. The fourth-order valence-electron chi connectivity index (χ4n) is 2.42. The summed E-state index contributed by atoms with van der Waals surface area (Å²) in [5.74, 6) is 0.353. The third kappa shape index (κ3) is 4.49. The van der Waals surface area contributed by atoms with Crippen molar-refractivity contribution in [3.63, 3.8) is 0 Å². The van der Waals surface area contributed by atoms with Crippen LogP contribution in [0.4, 0.5) is 5.69 Å². The molecule has 1 fully saturated rings. The van der Waals surface area contributed by atoms with Gasteiger partial charge in [-0.2, -0.15) is 11.8 Å². The Morgan fingerprint density at radius 1 is 1.29 bits per heavy atom. The first-order chi connectivity index (χ1) is 9.92. The molecule has 1 aromatic carbocycles. The Labute approximate surface area is 129 Å². The van der Waals surface area contributed by atoms with E-state index in [0.29, 0.717) is 5.75 Å². The smallest absolute Gasteiger partial charge is 0.303 e. The van der Waals surface area contributed by atoms with E-state index in [2.05, 4.69) is 5.32 Å². The molecule has 1 aliphatic rings. The molecule has 0 saturated heterocycles. The molecule has 0 radical (unpaired) electrons. The number of carboxylic acid groups (broad SMARTS) is 1. The molecular weight excluding hydrogens is 286 g/mol. The first-order valence-corrected chi connectivity index (χ1v) is 8.23. The van der Waals surface area contributed by atoms with Gasteiger partial charge in [0.15, 0.2) is 0 Å². The summed E-state index contributed by atoms with van der Waals surface area (Å²) in [6.45, 7) is 3.95. The van der Waals surface area contributed by atoms with Crippen LogP contribution in [0.2, 0.25) is 0 Å². The monoisotopic (exact) mass is 307 g/mol. The summed E-state index contributed by atoms with van der Waals surface area (Å²) in [4.78, 5) is 22.8. The van der Waals surface area contributed by atoms with Gasteiger partial charge in [0.1, 0.15) is 0 Å². The van der Waals surface area contributed by atoms with Crippen LogP contribution in [0.3, 0.4) is 0 Å². The molecule has 2 rings (SSSR count). The molecule has 4 nitrogen and oxygen atoms in total. The largest absolute Gasteiger partial charge is 0.481 e. The summed E-state index contributed by atoms with van der Waals surface area (Å²) in [6.07, 6.45) is 2.15. The summed E-state index contributed by atoms with van der Waals surface area (Å²) in [7, 11) is 0. The first-order valence-electron chi connectivity index (χ1n) is 7.07. The molecule has 0 unspecified atom stereocenters. The molecule has 1 aliphatic carbocycles. The molecule has 1 aromatic rings. The van der Waals surface area contributed by atoms with Gasteiger partial charge < -0.3 is 10.4 Å². The fourth-order valence-corrected chi connectivity index (χ4v) is 3.60. The summed E-state index contributed by atoms with van der Waals surface area (Å²) >= 11 is 1.53. The van der Waals surface area contributed by atoms with Crippen LogP contribution in [0.25, 0.3) is 0 Å². The highest BCUT2D eigenvalue weighted by molar-refractivity contribution is 8.00. The maximum Gasteiger partial charge on any atom is 0.303 e. The van der Waals surface area contributed by atoms with Crippen LogP contribution in [0, 0.1) is 19.3 Å². The molecule has 0 aliphatic heterocycles. The third-order valence-corrected chi connectivity index (χ3v) is 5.15. The van der Waals surface area contributed by atoms with Crippen LogP contribution in [0.15, 0.2) is 18.2 Å². The highest BCUT2D eigenvalue weighted by atomic mass is 32.2. The molecular formula is C16H21NO3S. The summed E-state index contributed by atoms with van der Waals surface area (Å²) in [5.41, 5.74) is 2.93. The Hall–Kier alpha value is -1.49. The van der Waals surface area contributed by atoms with Gasteiger partial charge in [0.05, 0.1) is 12.2 Å². The van der Waals surface area contributed by atoms with E-state index in [0.717, 1.165) is 35.4 Å². The molecule has 0 aromatic heterocycles. The highest BCUT2D eigenvalue weighted by Gasteiger charge is 2.44. The number of hydrogen-bond donors (Lipinski definition) is 2. The van der Waals surface area contributed by atoms with Crippen molar-refractivity contribution in [1.82, 2.24) is 0 Å². The van der Waals surface area contributed by atoms with E-state index < -0.39 is 5.97 Å². The van der Waals surface area contributed by atoms with Crippen molar-refractivity contribution >= 4 is 29.3 Å². The average Bonchev–Trinajstić information content (AvgIpc) is 3.13. The quantitative estimate of drug-likeness (QED) is 0.811. The normalized spacial score (nSPS) is 15.5. The number of aliphatic carboxylic acids is 1. The second-order valence-corrected chi connectivity index (χ2v) is 6.86. The summed E-state index contributed by atoms with van der Waals surface area (Å²) in [5, 5.41) is 11.8. The SMILES string of the molecule is Cc1cccc(C)c1NC(=O)CSCC1(CC(=O)O)CC1. The van der Waals surface area contributed by atoms with Crippen molar-refractivity contribution in [2.24, 2.45) is 5.41 Å². The van der Waals surface area contributed by atoms with Gasteiger partial charge in [0.2, 0.25) is 5.91 Å². The number of carboxylic acids is 1. The van der Waals surface area contributed by atoms with Crippen molar-refractivity contribution in [3.8, 4) is 0 Å². The number of anilines is 1. The summed E-state index contributed by atoms with van der Waals surface area (Å²) < 4.78 is 0. The van der Waals surface area contributed by atoms with E-state index in [1.807, 2.05) is 32.0 Å². The number of hydrogen-bond acceptors (Lipinski definition) is 3. The predicted octanol–water partition coefficient (Wildman–Crippen LogP) is 3.23. The van der Waals surface area contributed by atoms with E-state index >= 15 is 0 Å². The predicted molar refractivity (Wildman–Crippen MR) is 85.8 cm³/mol. The van der Waals surface area contributed by atoms with Crippen LogP contribution in [-0.2, 0) is 9.59 Å². The molecule has 1 saturated carbocycles. The van der Waals surface area contributed by atoms with E-state index in [-0.39, 0.29) is 17.7 Å². The topological polar surface area (TPSA) is 66.4 Å². The van der Waals surface area contributed by atoms with E-state index in [4.69, 9.17) is 5.11 Å². The van der Waals surface area contributed by atoms with Crippen LogP contribution in [0.1, 0.15) is 30.4 Å². The Morgan fingerprint density at radius 2 is 1.90 bits per heavy atom. The van der Waals surface area contributed by atoms with Crippen LogP contribution < -0.4 is 5.32 Å². The van der Waals surface area contributed by atoms with Gasteiger partial charge in [-0.15, -0.1) is 0 Å². The maximum atomic E-state index is 12.0. The van der Waals surface area contributed by atoms with Gasteiger partial charge in [0, 0.05) is 5.69 Å². The number of rotatable bonds is 7. The fraction of sp³-hybridized carbons (Fsp3) is 0.500. The van der Waals surface area contributed by atoms with Crippen molar-refractivity contribution in [3.05, 3.63) is 29.3 Å². The highest BCUT2D eigenvalue weighted by Crippen LogP contribution is 2.50. The maximum absolute atomic E-state index is 12.0. The minimum absolute atomic E-state index is 0.0245. The van der Waals surface area contributed by atoms with Gasteiger partial charge in [0.25, 0.3) is 0 Å². The number of amides is 1. The molecule has 114 valence electrons. The number of para-hydroxylation sites is 1. The van der Waals surface area contributed by atoms with Gasteiger partial charge in [-0.05, 0) is 49.0 Å². The molecule has 1 amide bonds. The lowest BCUT2D eigenvalue weighted by molar-refractivity contribution is -0.138. The minimum atomic E-state index is -0.743. The van der Waals surface area contributed by atoms with Gasteiger partial charge in [-0.3, -0.25) is 9.59 Å². The molecule has 0 heterocycles. The Balaban J connectivity index is 1.79. The van der Waals surface area contributed by atoms with Crippen LogP contribution in [0.5, 0.6) is 0 Å². The Bertz CT molecular complexity index is 532. The van der Waals surface area contributed by atoms with Crippen LogP contribution in [-0.4, -0.2) is 28.5 Å². The zero-order chi connectivity index (χ0) is 15.5. The van der Waals surface area contributed by atoms with Crippen molar-refractivity contribution in [2.75, 3.05) is 16.8 Å². The van der Waals surface area contributed by atoms with Gasteiger partial charge in [-0.1, -0.05) is 18.2 Å². The zero-order valence-electron chi connectivity index (χ0n) is 12.4. The number of thioether (sulfide) groups is 1. The van der Waals surface area contributed by atoms with Crippen LogP contribution >= 0.6 is 11.8 Å². The molecule has 2 N–H and O–H groups in total. The van der Waals surface area contributed by atoms with Crippen molar-refractivity contribution < 1.29 is 14.7 Å². The second-order valence-electron chi connectivity index (χ2n) is 5.88. The lowest BCUT2D eigenvalue weighted by Gasteiger charge is -2.13. The first kappa shape index (κ1) is 15.9. The number of aryl methyl sites for hydroxylation is 2.